The molecule has 0 unspecified atom stereocenters. The summed E-state index contributed by atoms with van der Waals surface area (Å²) in [7, 11) is 0. The SMILES string of the molecule is CCCC(=O)Nc1ccc(O)c(/C(C)=N/Nc2ccc(Cl)cc2)c1. The van der Waals surface area contributed by atoms with Crippen molar-refractivity contribution in [3.8, 4) is 5.75 Å². The first-order chi connectivity index (χ1) is 11.5. The molecule has 0 aliphatic rings. The maximum absolute atomic E-state index is 11.7. The Bertz CT molecular complexity index is 742. The monoisotopic (exact) mass is 345 g/mol. The Morgan fingerprint density at radius 2 is 1.83 bits per heavy atom. The average molecular weight is 346 g/mol. The fourth-order valence-electron chi connectivity index (χ4n) is 2.09. The topological polar surface area (TPSA) is 73.7 Å². The van der Waals surface area contributed by atoms with E-state index in [-0.39, 0.29) is 11.7 Å². The van der Waals surface area contributed by atoms with Crippen molar-refractivity contribution in [3.05, 3.63) is 53.1 Å². The summed E-state index contributed by atoms with van der Waals surface area (Å²) in [4.78, 5) is 11.7. The zero-order valence-corrected chi connectivity index (χ0v) is 14.4. The van der Waals surface area contributed by atoms with Gasteiger partial charge in [-0.3, -0.25) is 10.2 Å². The normalized spacial score (nSPS) is 11.2. The van der Waals surface area contributed by atoms with E-state index >= 15 is 0 Å². The number of amides is 1. The van der Waals surface area contributed by atoms with Crippen LogP contribution < -0.4 is 10.7 Å². The number of aromatic hydroxyl groups is 1. The van der Waals surface area contributed by atoms with Crippen LogP contribution in [0.1, 0.15) is 32.3 Å². The lowest BCUT2D eigenvalue weighted by molar-refractivity contribution is -0.116. The van der Waals surface area contributed by atoms with E-state index in [4.69, 9.17) is 11.6 Å². The van der Waals surface area contributed by atoms with Crippen molar-refractivity contribution in [1.82, 2.24) is 0 Å². The fraction of sp³-hybridized carbons (Fsp3) is 0.222. The van der Waals surface area contributed by atoms with E-state index in [1.807, 2.05) is 6.92 Å². The van der Waals surface area contributed by atoms with Crippen molar-refractivity contribution in [2.75, 3.05) is 10.7 Å². The Morgan fingerprint density at radius 1 is 1.17 bits per heavy atom. The lowest BCUT2D eigenvalue weighted by Crippen LogP contribution is -2.11. The van der Waals surface area contributed by atoms with Gasteiger partial charge in [-0.2, -0.15) is 5.10 Å². The molecule has 0 atom stereocenters. The van der Waals surface area contributed by atoms with Gasteiger partial charge in [-0.05, 0) is 55.8 Å². The van der Waals surface area contributed by atoms with Crippen LogP contribution in [0.4, 0.5) is 11.4 Å². The summed E-state index contributed by atoms with van der Waals surface area (Å²) in [5.74, 6) is 0.0469. The van der Waals surface area contributed by atoms with Crippen LogP contribution in [0.2, 0.25) is 5.02 Å². The number of anilines is 2. The van der Waals surface area contributed by atoms with Crippen molar-refractivity contribution < 1.29 is 9.90 Å². The molecule has 0 aliphatic carbocycles. The summed E-state index contributed by atoms with van der Waals surface area (Å²) in [5.41, 5.74) is 5.46. The summed E-state index contributed by atoms with van der Waals surface area (Å²) in [6.07, 6.45) is 1.24. The highest BCUT2D eigenvalue weighted by molar-refractivity contribution is 6.30. The largest absolute Gasteiger partial charge is 0.507 e. The quantitative estimate of drug-likeness (QED) is 0.406. The van der Waals surface area contributed by atoms with Crippen LogP contribution in [0, 0.1) is 0 Å². The van der Waals surface area contributed by atoms with Gasteiger partial charge in [0.15, 0.2) is 0 Å². The van der Waals surface area contributed by atoms with E-state index in [0.717, 1.165) is 12.1 Å². The third-order valence-electron chi connectivity index (χ3n) is 3.34. The molecule has 6 heteroatoms. The summed E-state index contributed by atoms with van der Waals surface area (Å²) in [5, 5.41) is 17.8. The molecule has 0 radical (unpaired) electrons. The number of hydrazone groups is 1. The molecule has 2 aromatic rings. The van der Waals surface area contributed by atoms with Gasteiger partial charge in [-0.15, -0.1) is 0 Å². The maximum Gasteiger partial charge on any atom is 0.224 e. The molecule has 0 saturated heterocycles. The zero-order chi connectivity index (χ0) is 17.5. The molecule has 0 saturated carbocycles. The van der Waals surface area contributed by atoms with Gasteiger partial charge in [0.2, 0.25) is 5.91 Å². The van der Waals surface area contributed by atoms with Crippen LogP contribution in [0.3, 0.4) is 0 Å². The highest BCUT2D eigenvalue weighted by atomic mass is 35.5. The van der Waals surface area contributed by atoms with Gasteiger partial charge in [0, 0.05) is 22.7 Å². The van der Waals surface area contributed by atoms with Gasteiger partial charge in [0.05, 0.1) is 11.4 Å². The third-order valence-corrected chi connectivity index (χ3v) is 3.60. The standard InChI is InChI=1S/C18H20ClN3O2/c1-3-4-18(24)20-15-9-10-17(23)16(11-15)12(2)21-22-14-7-5-13(19)6-8-14/h5-11,22-23H,3-4H2,1-2H3,(H,20,24)/b21-12+. The van der Waals surface area contributed by atoms with Gasteiger partial charge in [-0.1, -0.05) is 18.5 Å². The Balaban J connectivity index is 2.15. The van der Waals surface area contributed by atoms with Crippen molar-refractivity contribution in [3.63, 3.8) is 0 Å². The number of carbonyl (C=O) groups excluding carboxylic acids is 1. The van der Waals surface area contributed by atoms with Crippen LogP contribution in [0.5, 0.6) is 5.75 Å². The molecular formula is C18H20ClN3O2. The van der Waals surface area contributed by atoms with Crippen LogP contribution >= 0.6 is 11.6 Å². The van der Waals surface area contributed by atoms with E-state index in [0.29, 0.717) is 28.4 Å². The molecule has 0 bridgehead atoms. The zero-order valence-electron chi connectivity index (χ0n) is 13.6. The van der Waals surface area contributed by atoms with E-state index in [9.17, 15) is 9.90 Å². The minimum atomic E-state index is -0.0528. The van der Waals surface area contributed by atoms with Crippen LogP contribution in [-0.4, -0.2) is 16.7 Å². The molecule has 0 spiro atoms. The number of nitrogens with one attached hydrogen (secondary N) is 2. The first kappa shape index (κ1) is 17.8. The lowest BCUT2D eigenvalue weighted by atomic mass is 10.1. The second-order valence-corrected chi connectivity index (χ2v) is 5.78. The smallest absolute Gasteiger partial charge is 0.224 e. The van der Waals surface area contributed by atoms with Crippen molar-refractivity contribution in [2.45, 2.75) is 26.7 Å². The number of hydrogen-bond donors (Lipinski definition) is 3. The summed E-state index contributed by atoms with van der Waals surface area (Å²) >= 11 is 5.84. The van der Waals surface area contributed by atoms with Gasteiger partial charge in [0.1, 0.15) is 5.75 Å². The van der Waals surface area contributed by atoms with Crippen molar-refractivity contribution >= 4 is 34.6 Å². The molecule has 0 aliphatic heterocycles. The average Bonchev–Trinajstić information content (AvgIpc) is 2.56. The second-order valence-electron chi connectivity index (χ2n) is 5.35. The fourth-order valence-corrected chi connectivity index (χ4v) is 2.21. The summed E-state index contributed by atoms with van der Waals surface area (Å²) in [6.45, 7) is 3.72. The van der Waals surface area contributed by atoms with Gasteiger partial charge in [0.25, 0.3) is 0 Å². The van der Waals surface area contributed by atoms with E-state index in [2.05, 4.69) is 15.8 Å². The number of phenolic OH excluding ortho intramolecular Hbond substituents is 1. The number of carbonyl (C=O) groups is 1. The number of phenols is 1. The molecule has 24 heavy (non-hydrogen) atoms. The molecular weight excluding hydrogens is 326 g/mol. The highest BCUT2D eigenvalue weighted by Crippen LogP contribution is 2.23. The predicted octanol–water partition coefficient (Wildman–Crippen LogP) is 4.62. The summed E-state index contributed by atoms with van der Waals surface area (Å²) < 4.78 is 0. The minimum absolute atomic E-state index is 0.0528. The van der Waals surface area contributed by atoms with Crippen molar-refractivity contribution in [1.29, 1.82) is 0 Å². The summed E-state index contributed by atoms with van der Waals surface area (Å²) in [6, 6.07) is 12.0. The second kappa shape index (κ2) is 8.36. The van der Waals surface area contributed by atoms with Crippen LogP contribution in [0.25, 0.3) is 0 Å². The van der Waals surface area contributed by atoms with Crippen LogP contribution in [-0.2, 0) is 4.79 Å². The van der Waals surface area contributed by atoms with E-state index < -0.39 is 0 Å². The Morgan fingerprint density at radius 3 is 2.50 bits per heavy atom. The van der Waals surface area contributed by atoms with Gasteiger partial charge >= 0.3 is 0 Å². The van der Waals surface area contributed by atoms with Crippen LogP contribution in [0.15, 0.2) is 47.6 Å². The first-order valence-corrected chi connectivity index (χ1v) is 8.06. The molecule has 3 N–H and O–H groups in total. The molecule has 0 aromatic heterocycles. The molecule has 0 fully saturated rings. The molecule has 0 heterocycles. The number of rotatable bonds is 6. The Hall–Kier alpha value is -2.53. The molecule has 5 nitrogen and oxygen atoms in total. The van der Waals surface area contributed by atoms with E-state index in [1.165, 1.54) is 6.07 Å². The van der Waals surface area contributed by atoms with Gasteiger partial charge in [-0.25, -0.2) is 0 Å². The number of benzene rings is 2. The molecule has 2 rings (SSSR count). The third kappa shape index (κ3) is 4.99. The Kier molecular flexibility index (Phi) is 6.21. The molecule has 2 aromatic carbocycles. The minimum Gasteiger partial charge on any atom is -0.507 e. The van der Waals surface area contributed by atoms with Gasteiger partial charge < -0.3 is 10.4 Å². The number of hydrogen-bond acceptors (Lipinski definition) is 4. The maximum atomic E-state index is 11.7. The van der Waals surface area contributed by atoms with E-state index in [1.54, 1.807) is 43.3 Å². The molecule has 126 valence electrons. The number of nitrogens with zero attached hydrogens (tertiary/aromatic N) is 1. The lowest BCUT2D eigenvalue weighted by Gasteiger charge is -2.09. The number of halogens is 1. The predicted molar refractivity (Wildman–Crippen MR) is 98.9 cm³/mol. The highest BCUT2D eigenvalue weighted by Gasteiger charge is 2.08. The van der Waals surface area contributed by atoms with Crippen molar-refractivity contribution in [2.24, 2.45) is 5.10 Å². The first-order valence-electron chi connectivity index (χ1n) is 7.68. The Labute approximate surface area is 146 Å². The molecule has 1 amide bonds.